The Labute approximate surface area is 102 Å². The van der Waals surface area contributed by atoms with Crippen LogP contribution < -0.4 is 0 Å². The summed E-state index contributed by atoms with van der Waals surface area (Å²) in [5, 5.41) is 0. The van der Waals surface area contributed by atoms with Crippen LogP contribution in [-0.2, 0) is 9.59 Å². The van der Waals surface area contributed by atoms with E-state index in [2.05, 4.69) is 0 Å². The van der Waals surface area contributed by atoms with E-state index in [1.54, 1.807) is 23.8 Å². The second kappa shape index (κ2) is 6.09. The van der Waals surface area contributed by atoms with E-state index in [0.717, 1.165) is 32.5 Å². The lowest BCUT2D eigenvalue weighted by Crippen LogP contribution is -2.44. The highest BCUT2D eigenvalue weighted by Gasteiger charge is 2.24. The summed E-state index contributed by atoms with van der Waals surface area (Å²) in [5.41, 5.74) is 0. The molecule has 0 spiro atoms. The molecule has 4 nitrogen and oxygen atoms in total. The van der Waals surface area contributed by atoms with Crippen molar-refractivity contribution in [2.24, 2.45) is 5.92 Å². The van der Waals surface area contributed by atoms with E-state index in [9.17, 15) is 9.59 Å². The van der Waals surface area contributed by atoms with E-state index >= 15 is 0 Å². The number of carbonyl (C=O) groups excluding carboxylic acids is 2. The minimum Gasteiger partial charge on any atom is -0.346 e. The molecular formula is C11H19ClN2O2. The van der Waals surface area contributed by atoms with Crippen LogP contribution in [0.5, 0.6) is 0 Å². The van der Waals surface area contributed by atoms with Crippen molar-refractivity contribution in [1.82, 2.24) is 9.80 Å². The van der Waals surface area contributed by atoms with Crippen LogP contribution in [0, 0.1) is 5.92 Å². The topological polar surface area (TPSA) is 40.6 Å². The van der Waals surface area contributed by atoms with Crippen molar-refractivity contribution < 1.29 is 9.59 Å². The Bertz CT molecular complexity index is 271. The van der Waals surface area contributed by atoms with Gasteiger partial charge in [0.05, 0.1) is 0 Å². The van der Waals surface area contributed by atoms with Crippen LogP contribution in [0.25, 0.3) is 0 Å². The molecule has 1 unspecified atom stereocenters. The highest BCUT2D eigenvalue weighted by Crippen LogP contribution is 2.17. The van der Waals surface area contributed by atoms with Gasteiger partial charge in [0.25, 0.3) is 0 Å². The number of amides is 2. The summed E-state index contributed by atoms with van der Waals surface area (Å²) in [6, 6.07) is 0. The quantitative estimate of drug-likeness (QED) is 0.696. The fraction of sp³-hybridized carbons (Fsp3) is 0.818. The Morgan fingerprint density at radius 1 is 1.50 bits per heavy atom. The van der Waals surface area contributed by atoms with Crippen molar-refractivity contribution in [1.29, 1.82) is 0 Å². The molecule has 1 aliphatic heterocycles. The third-order valence-electron chi connectivity index (χ3n) is 3.06. The van der Waals surface area contributed by atoms with Crippen LogP contribution in [0.2, 0.25) is 0 Å². The number of rotatable bonds is 3. The number of likely N-dealkylation sites (tertiary alicyclic amines) is 1. The second-order valence-electron chi connectivity index (χ2n) is 4.38. The molecule has 1 fully saturated rings. The van der Waals surface area contributed by atoms with Crippen molar-refractivity contribution in [3.63, 3.8) is 0 Å². The first-order valence-corrected chi connectivity index (χ1v) is 6.13. The molecule has 0 aliphatic carbocycles. The minimum atomic E-state index is -0.00292. The summed E-state index contributed by atoms with van der Waals surface area (Å²) >= 11 is 5.53. The van der Waals surface area contributed by atoms with Gasteiger partial charge in [-0.15, -0.1) is 11.6 Å². The van der Waals surface area contributed by atoms with Crippen LogP contribution in [-0.4, -0.2) is 54.2 Å². The van der Waals surface area contributed by atoms with Crippen molar-refractivity contribution in [3.05, 3.63) is 0 Å². The van der Waals surface area contributed by atoms with Crippen molar-refractivity contribution in [3.8, 4) is 0 Å². The van der Waals surface area contributed by atoms with E-state index in [0.29, 0.717) is 5.92 Å². The number of piperidine rings is 1. The lowest BCUT2D eigenvalue weighted by molar-refractivity contribution is -0.131. The lowest BCUT2D eigenvalue weighted by atomic mass is 9.97. The first kappa shape index (κ1) is 13.3. The van der Waals surface area contributed by atoms with Gasteiger partial charge in [-0.3, -0.25) is 9.59 Å². The lowest BCUT2D eigenvalue weighted by Gasteiger charge is -2.34. The van der Waals surface area contributed by atoms with Crippen molar-refractivity contribution in [2.45, 2.75) is 19.8 Å². The molecule has 92 valence electrons. The maximum atomic E-state index is 11.4. The molecule has 0 aromatic carbocycles. The van der Waals surface area contributed by atoms with Gasteiger partial charge in [-0.1, -0.05) is 0 Å². The molecule has 2 amide bonds. The highest BCUT2D eigenvalue weighted by atomic mass is 35.5. The average molecular weight is 247 g/mol. The van der Waals surface area contributed by atoms with E-state index in [1.807, 2.05) is 0 Å². The summed E-state index contributed by atoms with van der Waals surface area (Å²) in [5.74, 6) is 0.502. The molecule has 1 aliphatic rings. The Morgan fingerprint density at radius 2 is 2.19 bits per heavy atom. The molecule has 1 heterocycles. The first-order valence-electron chi connectivity index (χ1n) is 5.60. The zero-order valence-electron chi connectivity index (χ0n) is 9.91. The predicted molar refractivity (Wildman–Crippen MR) is 63.3 cm³/mol. The van der Waals surface area contributed by atoms with Gasteiger partial charge >= 0.3 is 0 Å². The number of hydrogen-bond acceptors (Lipinski definition) is 2. The SMILES string of the molecule is CC(=O)N(C)CC1CCCN(C(=O)CCl)C1. The normalized spacial score (nSPS) is 20.7. The molecule has 1 atom stereocenters. The van der Waals surface area contributed by atoms with Gasteiger partial charge in [-0.2, -0.15) is 0 Å². The minimum absolute atomic E-state index is 0.00292. The zero-order chi connectivity index (χ0) is 12.1. The third-order valence-corrected chi connectivity index (χ3v) is 3.28. The van der Waals surface area contributed by atoms with Gasteiger partial charge in [0.15, 0.2) is 0 Å². The third kappa shape index (κ3) is 3.67. The van der Waals surface area contributed by atoms with Crippen molar-refractivity contribution in [2.75, 3.05) is 32.6 Å². The molecular weight excluding hydrogens is 228 g/mol. The van der Waals surface area contributed by atoms with Crippen LogP contribution in [0.1, 0.15) is 19.8 Å². The summed E-state index contributed by atoms with van der Waals surface area (Å²) in [4.78, 5) is 26.1. The monoisotopic (exact) mass is 246 g/mol. The molecule has 16 heavy (non-hydrogen) atoms. The smallest absolute Gasteiger partial charge is 0.237 e. The standard InChI is InChI=1S/C11H19ClN2O2/c1-9(15)13(2)7-10-4-3-5-14(8-10)11(16)6-12/h10H,3-8H2,1-2H3. The van der Waals surface area contributed by atoms with Crippen LogP contribution >= 0.6 is 11.6 Å². The Morgan fingerprint density at radius 3 is 2.75 bits per heavy atom. The molecule has 1 rings (SSSR count). The van der Waals surface area contributed by atoms with E-state index in [1.165, 1.54) is 0 Å². The van der Waals surface area contributed by atoms with E-state index in [-0.39, 0.29) is 17.7 Å². The van der Waals surface area contributed by atoms with Crippen LogP contribution in [0.15, 0.2) is 0 Å². The fourth-order valence-electron chi connectivity index (χ4n) is 2.04. The Kier molecular flexibility index (Phi) is 5.06. The number of hydrogen-bond donors (Lipinski definition) is 0. The summed E-state index contributed by atoms with van der Waals surface area (Å²) in [6.07, 6.45) is 2.07. The highest BCUT2D eigenvalue weighted by molar-refractivity contribution is 6.27. The van der Waals surface area contributed by atoms with E-state index < -0.39 is 0 Å². The van der Waals surface area contributed by atoms with Gasteiger partial charge in [-0.25, -0.2) is 0 Å². The molecule has 0 aromatic rings. The molecule has 0 aromatic heterocycles. The maximum absolute atomic E-state index is 11.4. The molecule has 0 saturated carbocycles. The van der Waals surface area contributed by atoms with Gasteiger partial charge in [0.2, 0.25) is 11.8 Å². The van der Waals surface area contributed by atoms with Crippen LogP contribution in [0.3, 0.4) is 0 Å². The second-order valence-corrected chi connectivity index (χ2v) is 4.65. The van der Waals surface area contributed by atoms with E-state index in [4.69, 9.17) is 11.6 Å². The van der Waals surface area contributed by atoms with Crippen molar-refractivity contribution >= 4 is 23.4 Å². The van der Waals surface area contributed by atoms with Crippen LogP contribution in [0.4, 0.5) is 0 Å². The summed E-state index contributed by atoms with van der Waals surface area (Å²) in [6.45, 7) is 3.81. The van der Waals surface area contributed by atoms with Gasteiger partial charge in [0.1, 0.15) is 5.88 Å². The summed E-state index contributed by atoms with van der Waals surface area (Å²) < 4.78 is 0. The zero-order valence-corrected chi connectivity index (χ0v) is 10.7. The first-order chi connectivity index (χ1) is 7.54. The number of halogens is 1. The average Bonchev–Trinajstić information content (AvgIpc) is 2.28. The fourth-order valence-corrected chi connectivity index (χ4v) is 2.21. The number of alkyl halides is 1. The predicted octanol–water partition coefficient (Wildman–Crippen LogP) is 0.942. The van der Waals surface area contributed by atoms with Gasteiger partial charge in [-0.05, 0) is 18.8 Å². The largest absolute Gasteiger partial charge is 0.346 e. The molecule has 0 radical (unpaired) electrons. The molecule has 1 saturated heterocycles. The van der Waals surface area contributed by atoms with Gasteiger partial charge in [0, 0.05) is 33.6 Å². The maximum Gasteiger partial charge on any atom is 0.237 e. The Hall–Kier alpha value is -0.770. The number of nitrogens with zero attached hydrogens (tertiary/aromatic N) is 2. The number of carbonyl (C=O) groups is 2. The molecule has 0 bridgehead atoms. The summed E-state index contributed by atoms with van der Waals surface area (Å²) in [7, 11) is 1.80. The molecule has 0 N–H and O–H groups in total. The van der Waals surface area contributed by atoms with Gasteiger partial charge < -0.3 is 9.80 Å². The molecule has 5 heteroatoms. The Balaban J connectivity index is 2.44.